The van der Waals surface area contributed by atoms with Gasteiger partial charge in [0.25, 0.3) is 0 Å². The van der Waals surface area contributed by atoms with Crippen molar-refractivity contribution < 1.29 is 9.53 Å². The van der Waals surface area contributed by atoms with Crippen LogP contribution in [0.25, 0.3) is 10.9 Å². The quantitative estimate of drug-likeness (QED) is 0.635. The molecule has 0 bridgehead atoms. The minimum absolute atomic E-state index is 0.0138. The number of rotatable bonds is 4. The van der Waals surface area contributed by atoms with Crippen molar-refractivity contribution in [3.63, 3.8) is 0 Å². The van der Waals surface area contributed by atoms with Gasteiger partial charge in [-0.25, -0.2) is 14.8 Å². The number of aromatic nitrogens is 3. The maximum absolute atomic E-state index is 12.3. The molecular weight excluding hydrogens is 406 g/mol. The lowest BCUT2D eigenvalue weighted by Gasteiger charge is -2.24. The second-order valence-electron chi connectivity index (χ2n) is 8.66. The molecule has 164 valence electrons. The molecule has 4 rings (SSSR count). The molecular formula is C23H25N7O2. The standard InChI is InChI=1S/C23H25N7O2/c1-23(2,3)32-22(31)30-9-8-16(14-30)27-20-13-26-19(11-24)21(29-20)28-17-10-15-6-4-5-7-18(15)25-12-17/h4-7,10,12-13,16H,8-9,14H2,1-3H3,(H2,27,28,29). The fraction of sp³-hybridized carbons (Fsp3) is 0.348. The lowest BCUT2D eigenvalue weighted by atomic mass is 10.2. The van der Waals surface area contributed by atoms with Crippen LogP contribution in [-0.2, 0) is 4.74 Å². The van der Waals surface area contributed by atoms with Crippen LogP contribution in [0.5, 0.6) is 0 Å². The van der Waals surface area contributed by atoms with E-state index < -0.39 is 5.60 Å². The van der Waals surface area contributed by atoms with E-state index in [9.17, 15) is 10.1 Å². The number of hydrogen-bond acceptors (Lipinski definition) is 8. The predicted molar refractivity (Wildman–Crippen MR) is 122 cm³/mol. The Morgan fingerprint density at radius 2 is 2.06 bits per heavy atom. The lowest BCUT2D eigenvalue weighted by Crippen LogP contribution is -2.36. The van der Waals surface area contributed by atoms with Gasteiger partial charge in [0, 0.05) is 24.5 Å². The Balaban J connectivity index is 1.46. The molecule has 2 aromatic heterocycles. The molecule has 1 saturated heterocycles. The summed E-state index contributed by atoms with van der Waals surface area (Å²) in [6, 6.07) is 11.8. The largest absolute Gasteiger partial charge is 0.444 e. The van der Waals surface area contributed by atoms with Gasteiger partial charge in [0.2, 0.25) is 0 Å². The number of nitrogens with one attached hydrogen (secondary N) is 2. The molecule has 1 unspecified atom stereocenters. The zero-order chi connectivity index (χ0) is 22.7. The summed E-state index contributed by atoms with van der Waals surface area (Å²) in [6.45, 7) is 6.66. The summed E-state index contributed by atoms with van der Waals surface area (Å²) >= 11 is 0. The molecule has 1 aliphatic rings. The third-order valence-corrected chi connectivity index (χ3v) is 4.92. The highest BCUT2D eigenvalue weighted by molar-refractivity contribution is 5.82. The van der Waals surface area contributed by atoms with E-state index in [4.69, 9.17) is 4.74 Å². The van der Waals surface area contributed by atoms with Crippen molar-refractivity contribution in [3.8, 4) is 6.07 Å². The van der Waals surface area contributed by atoms with Crippen LogP contribution in [0.1, 0.15) is 32.9 Å². The summed E-state index contributed by atoms with van der Waals surface area (Å²) in [7, 11) is 0. The van der Waals surface area contributed by atoms with Gasteiger partial charge in [0.05, 0.1) is 23.6 Å². The number of anilines is 3. The number of para-hydroxylation sites is 1. The van der Waals surface area contributed by atoms with Crippen molar-refractivity contribution in [2.75, 3.05) is 23.7 Å². The normalized spacial score (nSPS) is 15.9. The van der Waals surface area contributed by atoms with E-state index in [0.717, 1.165) is 17.3 Å². The summed E-state index contributed by atoms with van der Waals surface area (Å²) in [6.07, 6.45) is 3.66. The number of pyridine rings is 1. The molecule has 1 atom stereocenters. The molecule has 0 spiro atoms. The second kappa shape index (κ2) is 8.67. The molecule has 1 fully saturated rings. The van der Waals surface area contributed by atoms with E-state index in [1.807, 2.05) is 51.1 Å². The first-order valence-corrected chi connectivity index (χ1v) is 10.4. The van der Waals surface area contributed by atoms with E-state index >= 15 is 0 Å². The van der Waals surface area contributed by atoms with E-state index in [1.165, 1.54) is 6.20 Å². The van der Waals surface area contributed by atoms with E-state index in [-0.39, 0.29) is 17.8 Å². The molecule has 0 saturated carbocycles. The summed E-state index contributed by atoms with van der Waals surface area (Å²) in [5.74, 6) is 0.868. The molecule has 1 amide bonds. The van der Waals surface area contributed by atoms with Gasteiger partial charge in [-0.15, -0.1) is 0 Å². The first-order chi connectivity index (χ1) is 15.3. The van der Waals surface area contributed by atoms with E-state index in [1.54, 1.807) is 11.1 Å². The van der Waals surface area contributed by atoms with Crippen LogP contribution in [0.15, 0.2) is 42.7 Å². The highest BCUT2D eigenvalue weighted by atomic mass is 16.6. The van der Waals surface area contributed by atoms with Crippen LogP contribution in [0.3, 0.4) is 0 Å². The lowest BCUT2D eigenvalue weighted by molar-refractivity contribution is 0.0293. The number of ether oxygens (including phenoxy) is 1. The molecule has 3 heterocycles. The van der Waals surface area contributed by atoms with Gasteiger partial charge in [-0.1, -0.05) is 18.2 Å². The van der Waals surface area contributed by atoms with Crippen LogP contribution in [0.4, 0.5) is 22.1 Å². The van der Waals surface area contributed by atoms with Crippen LogP contribution in [-0.4, -0.2) is 50.7 Å². The molecule has 1 aromatic carbocycles. The van der Waals surface area contributed by atoms with Gasteiger partial charge in [-0.2, -0.15) is 5.26 Å². The summed E-state index contributed by atoms with van der Waals surface area (Å²) in [5, 5.41) is 16.9. The van der Waals surface area contributed by atoms with Gasteiger partial charge < -0.3 is 20.3 Å². The SMILES string of the molecule is CC(C)(C)OC(=O)N1CCC(Nc2cnc(C#N)c(Nc3cnc4ccccc4c3)n2)C1. The number of nitriles is 1. The molecule has 0 radical (unpaired) electrons. The number of amides is 1. The van der Waals surface area contributed by atoms with Gasteiger partial charge in [0.15, 0.2) is 11.5 Å². The van der Waals surface area contributed by atoms with Crippen molar-refractivity contribution in [2.45, 2.75) is 38.8 Å². The monoisotopic (exact) mass is 431 g/mol. The Morgan fingerprint density at radius 1 is 1.25 bits per heavy atom. The third kappa shape index (κ3) is 5.03. The smallest absolute Gasteiger partial charge is 0.410 e. The zero-order valence-electron chi connectivity index (χ0n) is 18.3. The summed E-state index contributed by atoms with van der Waals surface area (Å²) in [5.41, 5.74) is 1.25. The number of hydrogen-bond donors (Lipinski definition) is 2. The zero-order valence-corrected chi connectivity index (χ0v) is 18.3. The highest BCUT2D eigenvalue weighted by Gasteiger charge is 2.30. The number of benzene rings is 1. The molecule has 32 heavy (non-hydrogen) atoms. The Hall–Kier alpha value is -3.93. The number of carbonyl (C=O) groups excluding carboxylic acids is 1. The number of fused-ring (bicyclic) bond motifs is 1. The summed E-state index contributed by atoms with van der Waals surface area (Å²) in [4.78, 5) is 27.2. The number of nitrogens with zero attached hydrogens (tertiary/aromatic N) is 5. The van der Waals surface area contributed by atoms with Crippen LogP contribution < -0.4 is 10.6 Å². The molecule has 0 aliphatic carbocycles. The molecule has 2 N–H and O–H groups in total. The molecule has 1 aliphatic heterocycles. The predicted octanol–water partition coefficient (Wildman–Crippen LogP) is 4.06. The maximum atomic E-state index is 12.3. The fourth-order valence-electron chi connectivity index (χ4n) is 3.48. The number of likely N-dealkylation sites (tertiary alicyclic amines) is 1. The first-order valence-electron chi connectivity index (χ1n) is 10.4. The number of carbonyl (C=O) groups is 1. The minimum Gasteiger partial charge on any atom is -0.444 e. The van der Waals surface area contributed by atoms with Crippen molar-refractivity contribution >= 4 is 34.3 Å². The third-order valence-electron chi connectivity index (χ3n) is 4.92. The van der Waals surface area contributed by atoms with Crippen LogP contribution in [0, 0.1) is 11.3 Å². The summed E-state index contributed by atoms with van der Waals surface area (Å²) < 4.78 is 5.45. The van der Waals surface area contributed by atoms with Gasteiger partial charge in [0.1, 0.15) is 17.5 Å². The van der Waals surface area contributed by atoms with E-state index in [0.29, 0.717) is 30.4 Å². The Morgan fingerprint density at radius 3 is 2.84 bits per heavy atom. The van der Waals surface area contributed by atoms with Crippen molar-refractivity contribution in [3.05, 3.63) is 48.4 Å². The van der Waals surface area contributed by atoms with Crippen molar-refractivity contribution in [2.24, 2.45) is 0 Å². The van der Waals surface area contributed by atoms with E-state index in [2.05, 4.69) is 31.7 Å². The van der Waals surface area contributed by atoms with Crippen molar-refractivity contribution in [1.82, 2.24) is 19.9 Å². The second-order valence-corrected chi connectivity index (χ2v) is 8.66. The first kappa shape index (κ1) is 21.3. The van der Waals surface area contributed by atoms with Crippen molar-refractivity contribution in [1.29, 1.82) is 5.26 Å². The minimum atomic E-state index is -0.528. The average Bonchev–Trinajstić information content (AvgIpc) is 3.21. The van der Waals surface area contributed by atoms with Crippen LogP contribution >= 0.6 is 0 Å². The Labute approximate surface area is 186 Å². The maximum Gasteiger partial charge on any atom is 0.410 e. The fourth-order valence-corrected chi connectivity index (χ4v) is 3.48. The molecule has 3 aromatic rings. The Kier molecular flexibility index (Phi) is 5.77. The Bertz CT molecular complexity index is 1180. The van der Waals surface area contributed by atoms with Gasteiger partial charge in [-0.05, 0) is 39.3 Å². The average molecular weight is 432 g/mol. The topological polar surface area (TPSA) is 116 Å². The van der Waals surface area contributed by atoms with Gasteiger partial charge >= 0.3 is 6.09 Å². The van der Waals surface area contributed by atoms with Crippen LogP contribution in [0.2, 0.25) is 0 Å². The molecule has 9 heteroatoms. The van der Waals surface area contributed by atoms with Gasteiger partial charge in [-0.3, -0.25) is 4.98 Å². The molecule has 9 nitrogen and oxygen atoms in total. The highest BCUT2D eigenvalue weighted by Crippen LogP contribution is 2.23.